The lowest BCUT2D eigenvalue weighted by atomic mass is 10.1. The summed E-state index contributed by atoms with van der Waals surface area (Å²) in [5.74, 6) is 0.189. The molecule has 1 aromatic carbocycles. The van der Waals surface area contributed by atoms with E-state index in [0.29, 0.717) is 6.42 Å². The molecular weight excluding hydrogens is 198 g/mol. The van der Waals surface area contributed by atoms with Crippen LogP contribution in [0.5, 0.6) is 0 Å². The van der Waals surface area contributed by atoms with Crippen molar-refractivity contribution in [2.24, 2.45) is 0 Å². The molecule has 0 radical (unpaired) electrons. The SMILES string of the molecule is CC.CC(=O)C/C(C)=C\c1ccc(N)cc1. The Kier molecular flexibility index (Phi) is 6.93. The van der Waals surface area contributed by atoms with E-state index in [2.05, 4.69) is 0 Å². The summed E-state index contributed by atoms with van der Waals surface area (Å²) in [5.41, 5.74) is 8.47. The van der Waals surface area contributed by atoms with E-state index in [-0.39, 0.29) is 5.78 Å². The molecule has 0 spiro atoms. The molecule has 0 saturated carbocycles. The fourth-order valence-corrected chi connectivity index (χ4v) is 1.32. The number of benzene rings is 1. The molecule has 2 nitrogen and oxygen atoms in total. The molecule has 0 amide bonds. The van der Waals surface area contributed by atoms with Crippen molar-refractivity contribution in [1.29, 1.82) is 0 Å². The van der Waals surface area contributed by atoms with Gasteiger partial charge in [-0.2, -0.15) is 0 Å². The normalized spacial score (nSPS) is 10.4. The second-order valence-electron chi connectivity index (χ2n) is 3.54. The topological polar surface area (TPSA) is 43.1 Å². The van der Waals surface area contributed by atoms with E-state index in [1.165, 1.54) is 0 Å². The van der Waals surface area contributed by atoms with Crippen LogP contribution in [0.25, 0.3) is 6.08 Å². The van der Waals surface area contributed by atoms with Crippen LogP contribution < -0.4 is 5.73 Å². The summed E-state index contributed by atoms with van der Waals surface area (Å²) in [5, 5.41) is 0. The minimum Gasteiger partial charge on any atom is -0.399 e. The van der Waals surface area contributed by atoms with Crippen molar-refractivity contribution in [3.8, 4) is 0 Å². The van der Waals surface area contributed by atoms with Gasteiger partial charge in [0.05, 0.1) is 0 Å². The lowest BCUT2D eigenvalue weighted by Gasteiger charge is -1.99. The van der Waals surface area contributed by atoms with Crippen LogP contribution in [0, 0.1) is 0 Å². The van der Waals surface area contributed by atoms with Crippen molar-refractivity contribution in [1.82, 2.24) is 0 Å². The average molecular weight is 219 g/mol. The first-order valence-electron chi connectivity index (χ1n) is 5.60. The van der Waals surface area contributed by atoms with Crippen molar-refractivity contribution in [3.05, 3.63) is 35.4 Å². The van der Waals surface area contributed by atoms with Crippen molar-refractivity contribution < 1.29 is 4.79 Å². The van der Waals surface area contributed by atoms with Gasteiger partial charge in [-0.1, -0.05) is 37.6 Å². The van der Waals surface area contributed by atoms with Gasteiger partial charge < -0.3 is 5.73 Å². The number of nitrogens with two attached hydrogens (primary N) is 1. The van der Waals surface area contributed by atoms with Gasteiger partial charge in [-0.05, 0) is 31.5 Å². The molecule has 88 valence electrons. The number of carbonyl (C=O) groups is 1. The number of rotatable bonds is 3. The van der Waals surface area contributed by atoms with Gasteiger partial charge >= 0.3 is 0 Å². The summed E-state index contributed by atoms with van der Waals surface area (Å²) < 4.78 is 0. The molecule has 0 atom stereocenters. The highest BCUT2D eigenvalue weighted by atomic mass is 16.1. The molecule has 0 aliphatic carbocycles. The van der Waals surface area contributed by atoms with Crippen LogP contribution in [0.3, 0.4) is 0 Å². The molecule has 0 bridgehead atoms. The third kappa shape index (κ3) is 6.02. The Hall–Kier alpha value is -1.57. The van der Waals surface area contributed by atoms with E-state index in [4.69, 9.17) is 5.73 Å². The van der Waals surface area contributed by atoms with Gasteiger partial charge in [-0.25, -0.2) is 0 Å². The summed E-state index contributed by atoms with van der Waals surface area (Å²) in [6, 6.07) is 7.59. The van der Waals surface area contributed by atoms with Gasteiger partial charge in [0, 0.05) is 12.1 Å². The first-order valence-corrected chi connectivity index (χ1v) is 5.60. The van der Waals surface area contributed by atoms with Crippen LogP contribution in [-0.2, 0) is 4.79 Å². The average Bonchev–Trinajstić information content (AvgIpc) is 2.23. The standard InChI is InChI=1S/C12H15NO.C2H6/c1-9(7-10(2)14)8-11-3-5-12(13)6-4-11;1-2/h3-6,8H,7,13H2,1-2H3;1-2H3/b9-8-;. The first-order chi connectivity index (χ1) is 7.58. The largest absolute Gasteiger partial charge is 0.399 e. The number of carbonyl (C=O) groups excluding carboxylic acids is 1. The Labute approximate surface area is 98.2 Å². The highest BCUT2D eigenvalue weighted by molar-refractivity contribution is 5.79. The Bertz CT molecular complexity index is 350. The van der Waals surface area contributed by atoms with Crippen LogP contribution in [0.4, 0.5) is 5.69 Å². The van der Waals surface area contributed by atoms with E-state index in [0.717, 1.165) is 16.8 Å². The van der Waals surface area contributed by atoms with Crippen molar-refractivity contribution in [3.63, 3.8) is 0 Å². The van der Waals surface area contributed by atoms with E-state index in [1.807, 2.05) is 51.1 Å². The molecule has 0 aromatic heterocycles. The molecule has 2 heteroatoms. The lowest BCUT2D eigenvalue weighted by molar-refractivity contribution is -0.116. The third-order valence-electron chi connectivity index (χ3n) is 1.88. The van der Waals surface area contributed by atoms with E-state index < -0.39 is 0 Å². The molecule has 1 aromatic rings. The fourth-order valence-electron chi connectivity index (χ4n) is 1.32. The van der Waals surface area contributed by atoms with Gasteiger partial charge in [0.25, 0.3) is 0 Å². The molecule has 16 heavy (non-hydrogen) atoms. The summed E-state index contributed by atoms with van der Waals surface area (Å²) in [7, 11) is 0. The molecule has 0 heterocycles. The van der Waals surface area contributed by atoms with Crippen molar-refractivity contribution in [2.45, 2.75) is 34.1 Å². The number of Topliss-reactive ketones (excluding diaryl/α,β-unsaturated/α-hetero) is 1. The van der Waals surface area contributed by atoms with Crippen molar-refractivity contribution in [2.75, 3.05) is 5.73 Å². The molecule has 2 N–H and O–H groups in total. The van der Waals surface area contributed by atoms with Crippen LogP contribution in [0.2, 0.25) is 0 Å². The van der Waals surface area contributed by atoms with Crippen LogP contribution in [-0.4, -0.2) is 5.78 Å². The highest BCUT2D eigenvalue weighted by Crippen LogP contribution is 2.11. The Morgan fingerprint density at radius 2 is 1.69 bits per heavy atom. The van der Waals surface area contributed by atoms with Crippen molar-refractivity contribution >= 4 is 17.5 Å². The number of hydrogen-bond donors (Lipinski definition) is 1. The molecule has 0 saturated heterocycles. The smallest absolute Gasteiger partial charge is 0.133 e. The predicted molar refractivity (Wildman–Crippen MR) is 71.2 cm³/mol. The Morgan fingerprint density at radius 1 is 1.19 bits per heavy atom. The maximum absolute atomic E-state index is 10.8. The Morgan fingerprint density at radius 3 is 2.12 bits per heavy atom. The van der Waals surface area contributed by atoms with Crippen LogP contribution in [0.1, 0.15) is 39.7 Å². The van der Waals surface area contributed by atoms with Gasteiger partial charge in [0.15, 0.2) is 0 Å². The second-order valence-corrected chi connectivity index (χ2v) is 3.54. The minimum atomic E-state index is 0.189. The number of ketones is 1. The van der Waals surface area contributed by atoms with E-state index in [9.17, 15) is 4.79 Å². The van der Waals surface area contributed by atoms with Crippen LogP contribution in [0.15, 0.2) is 29.8 Å². The molecule has 1 rings (SSSR count). The van der Waals surface area contributed by atoms with Gasteiger partial charge in [-0.15, -0.1) is 0 Å². The summed E-state index contributed by atoms with van der Waals surface area (Å²) in [4.78, 5) is 10.8. The fraction of sp³-hybridized carbons (Fsp3) is 0.357. The van der Waals surface area contributed by atoms with Gasteiger partial charge in [0.2, 0.25) is 0 Å². The third-order valence-corrected chi connectivity index (χ3v) is 1.88. The van der Waals surface area contributed by atoms with Crippen LogP contribution >= 0.6 is 0 Å². The molecule has 0 aliphatic rings. The maximum Gasteiger partial charge on any atom is 0.133 e. The molecular formula is C14H21NO. The molecule has 0 aliphatic heterocycles. The predicted octanol–water partition coefficient (Wildman–Crippen LogP) is 3.68. The first kappa shape index (κ1) is 14.4. The molecule has 0 unspecified atom stereocenters. The quantitative estimate of drug-likeness (QED) is 0.788. The number of anilines is 1. The lowest BCUT2D eigenvalue weighted by Crippen LogP contribution is -1.90. The van der Waals surface area contributed by atoms with Gasteiger partial charge in [-0.3, -0.25) is 4.79 Å². The van der Waals surface area contributed by atoms with E-state index in [1.54, 1.807) is 6.92 Å². The van der Waals surface area contributed by atoms with Gasteiger partial charge in [0.1, 0.15) is 5.78 Å². The monoisotopic (exact) mass is 219 g/mol. The number of hydrogen-bond acceptors (Lipinski definition) is 2. The summed E-state index contributed by atoms with van der Waals surface area (Å²) >= 11 is 0. The second kappa shape index (κ2) is 7.69. The highest BCUT2D eigenvalue weighted by Gasteiger charge is 1.95. The zero-order valence-corrected chi connectivity index (χ0v) is 10.6. The zero-order valence-electron chi connectivity index (χ0n) is 10.6. The van der Waals surface area contributed by atoms with E-state index >= 15 is 0 Å². The maximum atomic E-state index is 10.8. The summed E-state index contributed by atoms with van der Waals surface area (Å²) in [6.45, 7) is 7.55. The Balaban J connectivity index is 0.00000106. The summed E-state index contributed by atoms with van der Waals surface area (Å²) in [6.07, 6.45) is 2.52. The number of nitrogen functional groups attached to an aromatic ring is 1. The minimum absolute atomic E-state index is 0.189. The molecule has 0 fully saturated rings. The zero-order chi connectivity index (χ0) is 12.6. The number of allylic oxidation sites excluding steroid dienone is 1.